The van der Waals surface area contributed by atoms with Crippen LogP contribution < -0.4 is 26.9 Å². The number of rotatable bonds is 7. The van der Waals surface area contributed by atoms with Gasteiger partial charge in [-0.3, -0.25) is 9.99 Å². The first-order valence-corrected chi connectivity index (χ1v) is 14.5. The molecule has 1 fully saturated rings. The van der Waals surface area contributed by atoms with Gasteiger partial charge < -0.3 is 21.4 Å². The number of nitrogens with one attached hydrogen (secondary N) is 5. The lowest BCUT2D eigenvalue weighted by molar-refractivity contribution is 0.162. The SMILES string of the molecule is N#Cc1cnc2c(Cl)cc(NC(C3=CN(C4CCNCC4)NN3)c3ccc(Cl)cc3)cc2c1Nc1ccc(F)c(Cl)c1. The molecule has 5 N–H and O–H groups in total. The fourth-order valence-electron chi connectivity index (χ4n) is 5.21. The van der Waals surface area contributed by atoms with Gasteiger partial charge in [-0.15, -0.1) is 5.53 Å². The zero-order valence-corrected chi connectivity index (χ0v) is 24.5. The Labute approximate surface area is 257 Å². The van der Waals surface area contributed by atoms with E-state index in [-0.39, 0.29) is 11.1 Å². The number of aromatic nitrogens is 1. The average Bonchev–Trinajstić information content (AvgIpc) is 3.49. The van der Waals surface area contributed by atoms with Crippen LogP contribution >= 0.6 is 34.8 Å². The molecule has 12 heteroatoms. The zero-order chi connectivity index (χ0) is 29.2. The van der Waals surface area contributed by atoms with Gasteiger partial charge in [-0.05, 0) is 74.0 Å². The fourth-order valence-corrected chi connectivity index (χ4v) is 5.79. The van der Waals surface area contributed by atoms with Gasteiger partial charge in [0.15, 0.2) is 0 Å². The number of hydrogen-bond acceptors (Lipinski definition) is 8. The van der Waals surface area contributed by atoms with Crippen molar-refractivity contribution in [1.29, 1.82) is 5.26 Å². The molecule has 42 heavy (non-hydrogen) atoms. The monoisotopic (exact) mass is 622 g/mol. The second-order valence-corrected chi connectivity index (χ2v) is 11.4. The van der Waals surface area contributed by atoms with Crippen LogP contribution in [0.5, 0.6) is 0 Å². The third-order valence-corrected chi connectivity index (χ3v) is 8.20. The standard InChI is InChI=1S/C30H26Cl3FN8/c31-19-3-1-17(2-4-19)29(27-16-42(41-40-27)22-7-9-36-10-8-22)39-21-11-23-28(38-20-5-6-26(34)24(32)12-20)18(14-35)15-37-30(23)25(33)13-21/h1-6,11-13,15-16,22,29,36,39-41H,7-10H2,(H,37,38). The molecule has 2 aliphatic heterocycles. The van der Waals surface area contributed by atoms with Crippen LogP contribution in [-0.2, 0) is 0 Å². The second kappa shape index (κ2) is 12.2. The van der Waals surface area contributed by atoms with E-state index in [4.69, 9.17) is 34.8 Å². The van der Waals surface area contributed by atoms with E-state index in [1.807, 2.05) is 30.3 Å². The van der Waals surface area contributed by atoms with Crippen LogP contribution in [0.3, 0.4) is 0 Å². The highest BCUT2D eigenvalue weighted by Gasteiger charge is 2.27. The van der Waals surface area contributed by atoms with Gasteiger partial charge in [-0.25, -0.2) is 4.39 Å². The Balaban J connectivity index is 1.39. The average molecular weight is 624 g/mol. The predicted molar refractivity (Wildman–Crippen MR) is 166 cm³/mol. The van der Waals surface area contributed by atoms with Crippen LogP contribution in [-0.4, -0.2) is 29.1 Å². The summed E-state index contributed by atoms with van der Waals surface area (Å²) in [5.74, 6) is -0.534. The van der Waals surface area contributed by atoms with E-state index in [2.05, 4.69) is 49.2 Å². The minimum Gasteiger partial charge on any atom is -0.373 e. The lowest BCUT2D eigenvalue weighted by atomic mass is 10.0. The molecule has 3 aromatic carbocycles. The summed E-state index contributed by atoms with van der Waals surface area (Å²) in [4.78, 5) is 4.44. The van der Waals surface area contributed by atoms with Gasteiger partial charge in [0.2, 0.25) is 0 Å². The molecule has 0 spiro atoms. The molecule has 0 saturated carbocycles. The Bertz CT molecular complexity index is 1700. The van der Waals surface area contributed by atoms with Crippen molar-refractivity contribution in [3.05, 3.63) is 105 Å². The highest BCUT2D eigenvalue weighted by molar-refractivity contribution is 6.36. The van der Waals surface area contributed by atoms with Crippen LogP contribution in [0.1, 0.15) is 30.0 Å². The van der Waals surface area contributed by atoms with E-state index in [9.17, 15) is 9.65 Å². The van der Waals surface area contributed by atoms with E-state index >= 15 is 0 Å². The second-order valence-electron chi connectivity index (χ2n) is 10.1. The van der Waals surface area contributed by atoms with E-state index in [0.717, 1.165) is 37.2 Å². The number of nitriles is 1. The van der Waals surface area contributed by atoms with Crippen molar-refractivity contribution >= 4 is 62.8 Å². The maximum Gasteiger partial charge on any atom is 0.141 e. The molecule has 8 nitrogen and oxygen atoms in total. The molecule has 6 rings (SSSR count). The summed E-state index contributed by atoms with van der Waals surface area (Å²) in [6.45, 7) is 1.94. The Morgan fingerprint density at radius 3 is 2.50 bits per heavy atom. The molecule has 3 heterocycles. The van der Waals surface area contributed by atoms with E-state index in [1.165, 1.54) is 18.3 Å². The van der Waals surface area contributed by atoms with Gasteiger partial charge in [0.1, 0.15) is 11.9 Å². The van der Waals surface area contributed by atoms with Crippen LogP contribution in [0.15, 0.2) is 72.7 Å². The summed E-state index contributed by atoms with van der Waals surface area (Å²) in [5, 5.41) is 23.8. The van der Waals surface area contributed by atoms with Gasteiger partial charge in [-0.1, -0.05) is 46.9 Å². The molecule has 4 aromatic rings. The van der Waals surface area contributed by atoms with Gasteiger partial charge in [0, 0.05) is 40.2 Å². The number of fused-ring (bicyclic) bond motifs is 1. The Morgan fingerprint density at radius 2 is 1.76 bits per heavy atom. The first-order valence-electron chi connectivity index (χ1n) is 13.4. The number of benzene rings is 3. The first kappa shape index (κ1) is 28.3. The molecular formula is C30H26Cl3FN8. The lowest BCUT2D eigenvalue weighted by Gasteiger charge is -2.30. The molecule has 1 atom stereocenters. The van der Waals surface area contributed by atoms with Crippen molar-refractivity contribution in [2.24, 2.45) is 0 Å². The zero-order valence-electron chi connectivity index (χ0n) is 22.2. The molecular weight excluding hydrogens is 598 g/mol. The van der Waals surface area contributed by atoms with Crippen LogP contribution in [0, 0.1) is 17.1 Å². The molecule has 1 unspecified atom stereocenters. The summed E-state index contributed by atoms with van der Waals surface area (Å²) in [7, 11) is 0. The van der Waals surface area contributed by atoms with Crippen molar-refractivity contribution in [3.8, 4) is 6.07 Å². The van der Waals surface area contributed by atoms with Crippen molar-refractivity contribution < 1.29 is 4.39 Å². The Hall–Kier alpha value is -3.78. The van der Waals surface area contributed by atoms with E-state index in [0.29, 0.717) is 49.6 Å². The van der Waals surface area contributed by atoms with Crippen molar-refractivity contribution in [2.75, 3.05) is 23.7 Å². The topological polar surface area (TPSA) is 100 Å². The van der Waals surface area contributed by atoms with Crippen molar-refractivity contribution in [2.45, 2.75) is 24.9 Å². The molecule has 214 valence electrons. The Kier molecular flexibility index (Phi) is 8.24. The van der Waals surface area contributed by atoms with Gasteiger partial charge in [0.25, 0.3) is 0 Å². The largest absolute Gasteiger partial charge is 0.373 e. The van der Waals surface area contributed by atoms with Crippen LogP contribution in [0.4, 0.5) is 21.5 Å². The third-order valence-electron chi connectivity index (χ3n) is 7.37. The fraction of sp³-hybridized carbons (Fsp3) is 0.200. The summed E-state index contributed by atoms with van der Waals surface area (Å²) >= 11 is 19.0. The maximum atomic E-state index is 13.8. The Morgan fingerprint density at radius 1 is 1.00 bits per heavy atom. The summed E-state index contributed by atoms with van der Waals surface area (Å²) in [6.07, 6.45) is 5.60. The number of pyridine rings is 1. The number of nitrogens with zero attached hydrogens (tertiary/aromatic N) is 3. The van der Waals surface area contributed by atoms with E-state index < -0.39 is 5.82 Å². The smallest absolute Gasteiger partial charge is 0.141 e. The van der Waals surface area contributed by atoms with Crippen LogP contribution in [0.25, 0.3) is 10.9 Å². The number of hydrogen-bond donors (Lipinski definition) is 5. The number of hydrazine groups is 2. The number of anilines is 3. The van der Waals surface area contributed by atoms with Crippen LogP contribution in [0.2, 0.25) is 15.1 Å². The number of piperidine rings is 1. The molecule has 0 aliphatic carbocycles. The molecule has 1 aromatic heterocycles. The van der Waals surface area contributed by atoms with Gasteiger partial charge in [-0.2, -0.15) is 5.26 Å². The molecule has 0 bridgehead atoms. The van der Waals surface area contributed by atoms with E-state index in [1.54, 1.807) is 12.1 Å². The molecule has 0 amide bonds. The summed E-state index contributed by atoms with van der Waals surface area (Å²) in [6, 6.07) is 17.9. The third kappa shape index (κ3) is 5.91. The molecule has 1 saturated heterocycles. The van der Waals surface area contributed by atoms with Gasteiger partial charge in [0.05, 0.1) is 38.6 Å². The minimum atomic E-state index is -0.534. The van der Waals surface area contributed by atoms with Crippen molar-refractivity contribution in [1.82, 2.24) is 26.3 Å². The molecule has 0 radical (unpaired) electrons. The highest BCUT2D eigenvalue weighted by atomic mass is 35.5. The normalized spacial score (nSPS) is 16.1. The summed E-state index contributed by atoms with van der Waals surface area (Å²) in [5.41, 5.74) is 11.0. The lowest BCUT2D eigenvalue weighted by Crippen LogP contribution is -2.47. The van der Waals surface area contributed by atoms with Gasteiger partial charge >= 0.3 is 0 Å². The first-order chi connectivity index (χ1) is 20.4. The quantitative estimate of drug-likeness (QED) is 0.150. The highest BCUT2D eigenvalue weighted by Crippen LogP contribution is 2.37. The molecule has 2 aliphatic rings. The van der Waals surface area contributed by atoms with Crippen molar-refractivity contribution in [3.63, 3.8) is 0 Å². The minimum absolute atomic E-state index is 0.0347. The maximum absolute atomic E-state index is 13.8. The predicted octanol–water partition coefficient (Wildman–Crippen LogP) is 7.02. The summed E-state index contributed by atoms with van der Waals surface area (Å²) < 4.78 is 13.8. The number of halogens is 4.